The lowest BCUT2D eigenvalue weighted by Gasteiger charge is -2.35. The summed E-state index contributed by atoms with van der Waals surface area (Å²) in [7, 11) is 1.64. The molecule has 1 aromatic heterocycles. The Kier molecular flexibility index (Phi) is 6.38. The first-order valence-electron chi connectivity index (χ1n) is 9.15. The number of rotatable bonds is 6. The smallest absolute Gasteiger partial charge is 0.233 e. The second kappa shape index (κ2) is 8.75. The lowest BCUT2D eigenvalue weighted by molar-refractivity contribution is -0.140. The third-order valence-corrected chi connectivity index (χ3v) is 5.43. The maximum Gasteiger partial charge on any atom is 0.233 e. The minimum Gasteiger partial charge on any atom is -0.497 e. The van der Waals surface area contributed by atoms with E-state index in [4.69, 9.17) is 9.47 Å². The number of hydrogen-bond donors (Lipinski definition) is 0. The molecule has 3 rings (SSSR count). The highest BCUT2D eigenvalue weighted by atomic mass is 32.2. The van der Waals surface area contributed by atoms with E-state index in [1.807, 2.05) is 54.5 Å². The molecule has 0 radical (unpaired) electrons. The van der Waals surface area contributed by atoms with Crippen molar-refractivity contribution >= 4 is 17.7 Å². The lowest BCUT2D eigenvalue weighted by Crippen LogP contribution is -2.48. The van der Waals surface area contributed by atoms with Crippen LogP contribution in [0.1, 0.15) is 20.8 Å². The number of hydrogen-bond acceptors (Lipinski definition) is 6. The molecule has 1 amide bonds. The van der Waals surface area contributed by atoms with Crippen molar-refractivity contribution in [2.75, 3.05) is 26.0 Å². The molecule has 1 aliphatic rings. The molecule has 8 heteroatoms. The Morgan fingerprint density at radius 2 is 1.89 bits per heavy atom. The fourth-order valence-electron chi connectivity index (χ4n) is 3.23. The van der Waals surface area contributed by atoms with Crippen molar-refractivity contribution in [3.05, 3.63) is 24.3 Å². The Bertz CT molecular complexity index is 768. The number of morpholine rings is 1. The van der Waals surface area contributed by atoms with Gasteiger partial charge in [0.25, 0.3) is 0 Å². The number of carbonyl (C=O) groups is 1. The quantitative estimate of drug-likeness (QED) is 0.707. The van der Waals surface area contributed by atoms with Gasteiger partial charge in [0, 0.05) is 25.2 Å². The first-order chi connectivity index (χ1) is 13.0. The van der Waals surface area contributed by atoms with Crippen LogP contribution in [0, 0.1) is 0 Å². The number of ether oxygens (including phenoxy) is 2. The molecule has 0 unspecified atom stereocenters. The maximum atomic E-state index is 12.6. The molecule has 1 fully saturated rings. The summed E-state index contributed by atoms with van der Waals surface area (Å²) < 4.78 is 12.9. The van der Waals surface area contributed by atoms with Gasteiger partial charge in [0.05, 0.1) is 25.1 Å². The summed E-state index contributed by atoms with van der Waals surface area (Å²) in [6.45, 7) is 8.06. The molecule has 0 aliphatic carbocycles. The van der Waals surface area contributed by atoms with Crippen LogP contribution in [0.15, 0.2) is 29.4 Å². The van der Waals surface area contributed by atoms with Gasteiger partial charge < -0.3 is 18.9 Å². The summed E-state index contributed by atoms with van der Waals surface area (Å²) in [6.07, 6.45) is 0.146. The predicted octanol–water partition coefficient (Wildman–Crippen LogP) is 2.70. The third-order valence-electron chi connectivity index (χ3n) is 4.48. The van der Waals surface area contributed by atoms with E-state index in [-0.39, 0.29) is 18.1 Å². The van der Waals surface area contributed by atoms with Crippen LogP contribution in [0.5, 0.6) is 5.75 Å². The fraction of sp³-hybridized carbons (Fsp3) is 0.526. The molecule has 2 atom stereocenters. The van der Waals surface area contributed by atoms with E-state index in [9.17, 15) is 4.79 Å². The molecular weight excluding hydrogens is 364 g/mol. The zero-order valence-corrected chi connectivity index (χ0v) is 17.0. The van der Waals surface area contributed by atoms with Crippen LogP contribution < -0.4 is 4.74 Å². The van der Waals surface area contributed by atoms with Gasteiger partial charge in [0.15, 0.2) is 11.0 Å². The van der Waals surface area contributed by atoms with Gasteiger partial charge in [-0.2, -0.15) is 0 Å². The van der Waals surface area contributed by atoms with Gasteiger partial charge in [0.2, 0.25) is 5.91 Å². The van der Waals surface area contributed by atoms with E-state index in [0.29, 0.717) is 18.8 Å². The molecule has 2 heterocycles. The minimum absolute atomic E-state index is 0.0728. The van der Waals surface area contributed by atoms with E-state index in [1.165, 1.54) is 11.8 Å². The summed E-state index contributed by atoms with van der Waals surface area (Å²) >= 11 is 1.43. The van der Waals surface area contributed by atoms with Crippen LogP contribution in [0.25, 0.3) is 11.4 Å². The van der Waals surface area contributed by atoms with E-state index in [1.54, 1.807) is 7.11 Å². The average Bonchev–Trinajstić information content (AvgIpc) is 3.08. The normalized spacial score (nSPS) is 19.9. The van der Waals surface area contributed by atoms with Crippen molar-refractivity contribution in [2.24, 2.45) is 0 Å². The number of thioether (sulfide) groups is 1. The number of methoxy groups -OCH3 is 1. The SMILES string of the molecule is CCn1c(SCC(=O)N2C[C@@H](C)O[C@@H](C)C2)nnc1-c1ccc(OC)cc1. The second-order valence-electron chi connectivity index (χ2n) is 6.62. The Morgan fingerprint density at radius 3 is 2.48 bits per heavy atom. The number of nitrogens with zero attached hydrogens (tertiary/aromatic N) is 4. The second-order valence-corrected chi connectivity index (χ2v) is 7.57. The Labute approximate surface area is 164 Å². The van der Waals surface area contributed by atoms with Crippen LogP contribution >= 0.6 is 11.8 Å². The zero-order valence-electron chi connectivity index (χ0n) is 16.2. The highest BCUT2D eigenvalue weighted by Gasteiger charge is 2.26. The molecule has 1 aliphatic heterocycles. The van der Waals surface area contributed by atoms with Gasteiger partial charge in [-0.05, 0) is 45.0 Å². The Balaban J connectivity index is 1.68. The number of carbonyl (C=O) groups excluding carboxylic acids is 1. The number of amides is 1. The monoisotopic (exact) mass is 390 g/mol. The van der Waals surface area contributed by atoms with Crippen molar-refractivity contribution < 1.29 is 14.3 Å². The van der Waals surface area contributed by atoms with Crippen LogP contribution in [0.3, 0.4) is 0 Å². The van der Waals surface area contributed by atoms with Gasteiger partial charge in [-0.25, -0.2) is 0 Å². The van der Waals surface area contributed by atoms with E-state index >= 15 is 0 Å². The molecule has 0 bridgehead atoms. The summed E-state index contributed by atoms with van der Waals surface area (Å²) in [4.78, 5) is 14.5. The molecule has 27 heavy (non-hydrogen) atoms. The van der Waals surface area contributed by atoms with E-state index in [2.05, 4.69) is 10.2 Å². The highest BCUT2D eigenvalue weighted by molar-refractivity contribution is 7.99. The lowest BCUT2D eigenvalue weighted by atomic mass is 10.2. The van der Waals surface area contributed by atoms with Crippen molar-refractivity contribution in [3.63, 3.8) is 0 Å². The van der Waals surface area contributed by atoms with Gasteiger partial charge in [-0.3, -0.25) is 4.79 Å². The Hall–Kier alpha value is -2.06. The van der Waals surface area contributed by atoms with Crippen molar-refractivity contribution in [1.29, 1.82) is 0 Å². The zero-order chi connectivity index (χ0) is 19.4. The number of aromatic nitrogens is 3. The number of benzene rings is 1. The predicted molar refractivity (Wildman–Crippen MR) is 105 cm³/mol. The van der Waals surface area contributed by atoms with Crippen molar-refractivity contribution in [3.8, 4) is 17.1 Å². The molecule has 0 saturated carbocycles. The van der Waals surface area contributed by atoms with Crippen LogP contribution in [0.4, 0.5) is 0 Å². The standard InChI is InChI=1S/C19H26N4O3S/c1-5-23-18(15-6-8-16(25-4)9-7-15)20-21-19(23)27-12-17(24)22-10-13(2)26-14(3)11-22/h6-9,13-14H,5,10-12H2,1-4H3/t13-,14+. The average molecular weight is 391 g/mol. The topological polar surface area (TPSA) is 69.5 Å². The summed E-state index contributed by atoms with van der Waals surface area (Å²) in [6, 6.07) is 7.73. The van der Waals surface area contributed by atoms with E-state index < -0.39 is 0 Å². The van der Waals surface area contributed by atoms with E-state index in [0.717, 1.165) is 28.8 Å². The molecular formula is C19H26N4O3S. The largest absolute Gasteiger partial charge is 0.497 e. The first kappa shape index (κ1) is 19.7. The van der Waals surface area contributed by atoms with Crippen LogP contribution in [0.2, 0.25) is 0 Å². The fourth-order valence-corrected chi connectivity index (χ4v) is 4.14. The molecule has 2 aromatic rings. The summed E-state index contributed by atoms with van der Waals surface area (Å²) in [5.74, 6) is 2.05. The van der Waals surface area contributed by atoms with Crippen LogP contribution in [-0.2, 0) is 16.1 Å². The molecule has 1 saturated heterocycles. The first-order valence-corrected chi connectivity index (χ1v) is 10.1. The molecule has 1 aromatic carbocycles. The van der Waals surface area contributed by atoms with Crippen molar-refractivity contribution in [2.45, 2.75) is 44.7 Å². The van der Waals surface area contributed by atoms with Gasteiger partial charge in [0.1, 0.15) is 5.75 Å². The van der Waals surface area contributed by atoms with Gasteiger partial charge >= 0.3 is 0 Å². The molecule has 146 valence electrons. The van der Waals surface area contributed by atoms with Crippen molar-refractivity contribution in [1.82, 2.24) is 19.7 Å². The van der Waals surface area contributed by atoms with Gasteiger partial charge in [-0.1, -0.05) is 11.8 Å². The molecule has 0 N–H and O–H groups in total. The molecule has 7 nitrogen and oxygen atoms in total. The minimum atomic E-state index is 0.0728. The maximum absolute atomic E-state index is 12.6. The van der Waals surface area contributed by atoms with Gasteiger partial charge in [-0.15, -0.1) is 10.2 Å². The summed E-state index contributed by atoms with van der Waals surface area (Å²) in [5.41, 5.74) is 0.971. The van der Waals surface area contributed by atoms with Crippen LogP contribution in [-0.4, -0.2) is 63.7 Å². The highest BCUT2D eigenvalue weighted by Crippen LogP contribution is 2.26. The molecule has 0 spiro atoms. The third kappa shape index (κ3) is 4.62. The summed E-state index contributed by atoms with van der Waals surface area (Å²) in [5, 5.41) is 9.39. The Morgan fingerprint density at radius 1 is 1.22 bits per heavy atom.